The summed E-state index contributed by atoms with van der Waals surface area (Å²) in [6.45, 7) is 3.07. The molecule has 0 saturated heterocycles. The molecular formula is C12H18BrClN2O2. The minimum Gasteiger partial charge on any atom is -0.383 e. The molecule has 6 heteroatoms. The molecule has 18 heavy (non-hydrogen) atoms. The maximum Gasteiger partial charge on any atom is 0.241 e. The lowest BCUT2D eigenvalue weighted by atomic mass is 10.2. The first kappa shape index (κ1) is 17.4. The number of anilines is 1. The van der Waals surface area contributed by atoms with Gasteiger partial charge in [-0.05, 0) is 31.2 Å². The van der Waals surface area contributed by atoms with Crippen molar-refractivity contribution in [2.75, 3.05) is 25.6 Å². The van der Waals surface area contributed by atoms with Gasteiger partial charge in [0, 0.05) is 23.8 Å². The molecule has 0 aliphatic rings. The van der Waals surface area contributed by atoms with Crippen molar-refractivity contribution in [3.05, 3.63) is 28.7 Å². The Morgan fingerprint density at radius 3 is 2.56 bits per heavy atom. The normalized spacial score (nSPS) is 11.5. The molecule has 1 aromatic carbocycles. The predicted octanol–water partition coefficient (Wildman–Crippen LogP) is 2.43. The highest BCUT2D eigenvalue weighted by atomic mass is 79.9. The zero-order chi connectivity index (χ0) is 12.7. The molecule has 0 fully saturated rings. The van der Waals surface area contributed by atoms with E-state index >= 15 is 0 Å². The Morgan fingerprint density at radius 2 is 2.00 bits per heavy atom. The van der Waals surface area contributed by atoms with E-state index in [-0.39, 0.29) is 24.4 Å². The minimum absolute atomic E-state index is 0. The first-order valence-electron chi connectivity index (χ1n) is 5.42. The lowest BCUT2D eigenvalue weighted by Crippen LogP contribution is -2.39. The summed E-state index contributed by atoms with van der Waals surface area (Å²) in [5.41, 5.74) is 0.790. The van der Waals surface area contributed by atoms with Crippen molar-refractivity contribution in [2.45, 2.75) is 13.0 Å². The van der Waals surface area contributed by atoms with Gasteiger partial charge in [0.1, 0.15) is 0 Å². The summed E-state index contributed by atoms with van der Waals surface area (Å²) in [6.07, 6.45) is 0. The molecule has 0 saturated carbocycles. The summed E-state index contributed by atoms with van der Waals surface area (Å²) in [4.78, 5) is 11.8. The van der Waals surface area contributed by atoms with Crippen molar-refractivity contribution in [1.82, 2.24) is 5.32 Å². The number of amides is 1. The predicted molar refractivity (Wildman–Crippen MR) is 79.4 cm³/mol. The van der Waals surface area contributed by atoms with Crippen molar-refractivity contribution in [3.63, 3.8) is 0 Å². The summed E-state index contributed by atoms with van der Waals surface area (Å²) in [5, 5.41) is 5.90. The van der Waals surface area contributed by atoms with Gasteiger partial charge in [0.05, 0.1) is 12.6 Å². The van der Waals surface area contributed by atoms with Gasteiger partial charge in [-0.1, -0.05) is 15.9 Å². The van der Waals surface area contributed by atoms with Gasteiger partial charge in [-0.2, -0.15) is 0 Å². The third kappa shape index (κ3) is 6.35. The monoisotopic (exact) mass is 336 g/mol. The number of carbonyl (C=O) groups is 1. The van der Waals surface area contributed by atoms with Crippen LogP contribution in [0.25, 0.3) is 0 Å². The van der Waals surface area contributed by atoms with E-state index in [9.17, 15) is 4.79 Å². The summed E-state index contributed by atoms with van der Waals surface area (Å²) in [7, 11) is 1.63. The fraction of sp³-hybridized carbons (Fsp3) is 0.417. The SMILES string of the molecule is COCCNC(C)C(=O)Nc1ccc(Br)cc1.Cl. The van der Waals surface area contributed by atoms with E-state index in [1.165, 1.54) is 0 Å². The Bertz CT molecular complexity index is 360. The van der Waals surface area contributed by atoms with Crippen molar-refractivity contribution in [3.8, 4) is 0 Å². The van der Waals surface area contributed by atoms with Crippen LogP contribution in [0, 0.1) is 0 Å². The fourth-order valence-corrected chi connectivity index (χ4v) is 1.52. The smallest absolute Gasteiger partial charge is 0.241 e. The number of carbonyl (C=O) groups excluding carboxylic acids is 1. The molecule has 0 aliphatic carbocycles. The largest absolute Gasteiger partial charge is 0.383 e. The highest BCUT2D eigenvalue weighted by Crippen LogP contribution is 2.14. The minimum atomic E-state index is -0.242. The van der Waals surface area contributed by atoms with Gasteiger partial charge in [-0.15, -0.1) is 12.4 Å². The van der Waals surface area contributed by atoms with E-state index in [4.69, 9.17) is 4.74 Å². The van der Waals surface area contributed by atoms with Crippen LogP contribution in [0.2, 0.25) is 0 Å². The topological polar surface area (TPSA) is 50.4 Å². The zero-order valence-electron chi connectivity index (χ0n) is 10.4. The van der Waals surface area contributed by atoms with Gasteiger partial charge >= 0.3 is 0 Å². The van der Waals surface area contributed by atoms with Crippen LogP contribution >= 0.6 is 28.3 Å². The summed E-state index contributed by atoms with van der Waals surface area (Å²) in [5.74, 6) is -0.0524. The van der Waals surface area contributed by atoms with E-state index in [1.54, 1.807) is 7.11 Å². The quantitative estimate of drug-likeness (QED) is 0.784. The molecule has 0 aromatic heterocycles. The molecule has 0 spiro atoms. The van der Waals surface area contributed by atoms with Crippen molar-refractivity contribution < 1.29 is 9.53 Å². The van der Waals surface area contributed by atoms with Crippen molar-refractivity contribution >= 4 is 39.9 Å². The molecular weight excluding hydrogens is 320 g/mol. The van der Waals surface area contributed by atoms with Crippen LogP contribution < -0.4 is 10.6 Å². The van der Waals surface area contributed by atoms with E-state index < -0.39 is 0 Å². The zero-order valence-corrected chi connectivity index (χ0v) is 12.8. The lowest BCUT2D eigenvalue weighted by molar-refractivity contribution is -0.117. The molecule has 0 heterocycles. The average molecular weight is 338 g/mol. The van der Waals surface area contributed by atoms with E-state index in [0.29, 0.717) is 13.2 Å². The van der Waals surface area contributed by atoms with E-state index in [2.05, 4.69) is 26.6 Å². The van der Waals surface area contributed by atoms with Crippen LogP contribution in [0.15, 0.2) is 28.7 Å². The van der Waals surface area contributed by atoms with Gasteiger partial charge in [0.25, 0.3) is 0 Å². The highest BCUT2D eigenvalue weighted by molar-refractivity contribution is 9.10. The molecule has 0 bridgehead atoms. The Morgan fingerprint density at radius 1 is 1.39 bits per heavy atom. The van der Waals surface area contributed by atoms with Crippen molar-refractivity contribution in [1.29, 1.82) is 0 Å². The summed E-state index contributed by atoms with van der Waals surface area (Å²) < 4.78 is 5.89. The summed E-state index contributed by atoms with van der Waals surface area (Å²) in [6, 6.07) is 7.24. The Kier molecular flexibility index (Phi) is 9.01. The lowest BCUT2D eigenvalue weighted by Gasteiger charge is -2.13. The van der Waals surface area contributed by atoms with Crippen LogP contribution in [0.5, 0.6) is 0 Å². The number of hydrogen-bond donors (Lipinski definition) is 2. The molecule has 1 atom stereocenters. The molecule has 1 aromatic rings. The highest BCUT2D eigenvalue weighted by Gasteiger charge is 2.11. The molecule has 0 aliphatic heterocycles. The molecule has 1 rings (SSSR count). The maximum atomic E-state index is 11.8. The van der Waals surface area contributed by atoms with Gasteiger partial charge in [-0.25, -0.2) is 0 Å². The van der Waals surface area contributed by atoms with Gasteiger partial charge in [0.15, 0.2) is 0 Å². The van der Waals surface area contributed by atoms with Crippen LogP contribution in [-0.4, -0.2) is 32.2 Å². The van der Waals surface area contributed by atoms with E-state index in [0.717, 1.165) is 10.2 Å². The number of benzene rings is 1. The first-order chi connectivity index (χ1) is 8.13. The maximum absolute atomic E-state index is 11.8. The third-order valence-corrected chi connectivity index (χ3v) is 2.79. The molecule has 1 amide bonds. The number of nitrogens with one attached hydrogen (secondary N) is 2. The Balaban J connectivity index is 0.00000289. The van der Waals surface area contributed by atoms with Crippen LogP contribution in [-0.2, 0) is 9.53 Å². The number of rotatable bonds is 6. The fourth-order valence-electron chi connectivity index (χ4n) is 1.25. The van der Waals surface area contributed by atoms with Crippen LogP contribution in [0.1, 0.15) is 6.92 Å². The molecule has 2 N–H and O–H groups in total. The second-order valence-corrected chi connectivity index (χ2v) is 4.58. The molecule has 102 valence electrons. The molecule has 0 radical (unpaired) electrons. The average Bonchev–Trinajstić information content (AvgIpc) is 2.32. The van der Waals surface area contributed by atoms with Gasteiger partial charge < -0.3 is 15.4 Å². The first-order valence-corrected chi connectivity index (χ1v) is 6.21. The van der Waals surface area contributed by atoms with E-state index in [1.807, 2.05) is 31.2 Å². The number of hydrogen-bond acceptors (Lipinski definition) is 3. The van der Waals surface area contributed by atoms with Crippen LogP contribution in [0.3, 0.4) is 0 Å². The Hall–Kier alpha value is -0.620. The van der Waals surface area contributed by atoms with Crippen LogP contribution in [0.4, 0.5) is 5.69 Å². The standard InChI is InChI=1S/C12H17BrN2O2.ClH/c1-9(14-7-8-17-2)12(16)15-11-5-3-10(13)4-6-11;/h3-6,9,14H,7-8H2,1-2H3,(H,15,16);1H. The molecule has 4 nitrogen and oxygen atoms in total. The van der Waals surface area contributed by atoms with Crippen molar-refractivity contribution in [2.24, 2.45) is 0 Å². The third-order valence-electron chi connectivity index (χ3n) is 2.26. The number of ether oxygens (including phenoxy) is 1. The second-order valence-electron chi connectivity index (χ2n) is 3.66. The molecule has 1 unspecified atom stereocenters. The Labute approximate surface area is 122 Å². The summed E-state index contributed by atoms with van der Waals surface area (Å²) >= 11 is 3.34. The number of halogens is 2. The van der Waals surface area contributed by atoms with Gasteiger partial charge in [0.2, 0.25) is 5.91 Å². The second kappa shape index (κ2) is 9.33. The van der Waals surface area contributed by atoms with Gasteiger partial charge in [-0.3, -0.25) is 4.79 Å². The number of methoxy groups -OCH3 is 1.